The molecule has 1 spiro atoms. The number of furan rings is 1. The van der Waals surface area contributed by atoms with Crippen molar-refractivity contribution in [1.29, 1.82) is 0 Å². The first kappa shape index (κ1) is 25.9. The van der Waals surface area contributed by atoms with Crippen LogP contribution in [0, 0.1) is 47.8 Å². The number of hydrogen-bond acceptors (Lipinski definition) is 6. The highest BCUT2D eigenvalue weighted by molar-refractivity contribution is 5.94. The fourth-order valence-corrected chi connectivity index (χ4v) is 7.16. The number of esters is 1. The lowest BCUT2D eigenvalue weighted by Crippen LogP contribution is -2.53. The topological polar surface area (TPSA) is 97.0 Å². The molecule has 6 nitrogen and oxygen atoms in total. The summed E-state index contributed by atoms with van der Waals surface area (Å²) in [7, 11) is 0. The molecule has 2 bridgehead atoms. The van der Waals surface area contributed by atoms with E-state index >= 15 is 0 Å². The van der Waals surface area contributed by atoms with Crippen molar-refractivity contribution in [3.05, 3.63) is 46.4 Å². The van der Waals surface area contributed by atoms with Crippen LogP contribution >= 0.6 is 0 Å². The second-order valence-electron chi connectivity index (χ2n) is 12.3. The van der Waals surface area contributed by atoms with Crippen molar-refractivity contribution in [1.82, 2.24) is 0 Å². The van der Waals surface area contributed by atoms with Crippen molar-refractivity contribution in [3.8, 4) is 0 Å². The predicted molar refractivity (Wildman–Crippen MR) is 133 cm³/mol. The van der Waals surface area contributed by atoms with Crippen LogP contribution in [0.4, 0.5) is 0 Å². The highest BCUT2D eigenvalue weighted by atomic mass is 16.5. The molecule has 35 heavy (non-hydrogen) atoms. The van der Waals surface area contributed by atoms with Gasteiger partial charge in [0.05, 0.1) is 24.4 Å². The van der Waals surface area contributed by atoms with Crippen molar-refractivity contribution < 1.29 is 29.0 Å². The third-order valence-corrected chi connectivity index (χ3v) is 9.90. The molecule has 2 N–H and O–H groups in total. The lowest BCUT2D eigenvalue weighted by molar-refractivity contribution is -0.144. The summed E-state index contributed by atoms with van der Waals surface area (Å²) < 4.78 is 11.5. The van der Waals surface area contributed by atoms with E-state index in [1.807, 2.05) is 19.1 Å². The SMILES string of the molecule is CC1=CC23C(=O)C(C/C=C(/CO)C(O)C2C1OC(=O)c1c(C)coc1C)C(C)(C)C(C)(C)C[C@H]3C. The number of ether oxygens (including phenoxy) is 1. The number of rotatable bonds is 3. The standard InChI is InChI=1S/C29H40O6/c1-15-11-29-17(3)12-27(5,6)28(7,8)20(25(29)32)10-9-19(13-30)23(31)22(29)24(15)35-26(33)21-16(2)14-34-18(21)4/h9,11,14,17,20,22-24,30-31H,10,12-13H2,1-8H3/b19-9-/t17-,20?,22?,23?,24?,29?/m1/s1. The maximum Gasteiger partial charge on any atom is 0.342 e. The minimum absolute atomic E-state index is 0.0944. The van der Waals surface area contributed by atoms with E-state index in [0.717, 1.165) is 12.0 Å². The number of hydrogen-bond donors (Lipinski definition) is 2. The Balaban J connectivity index is 1.89. The minimum atomic E-state index is -1.12. The van der Waals surface area contributed by atoms with Gasteiger partial charge in [0.15, 0.2) is 0 Å². The highest BCUT2D eigenvalue weighted by Crippen LogP contribution is 2.63. The maximum atomic E-state index is 14.6. The van der Waals surface area contributed by atoms with E-state index in [1.54, 1.807) is 13.8 Å². The zero-order chi connectivity index (χ0) is 26.1. The largest absolute Gasteiger partial charge is 0.468 e. The molecule has 1 aromatic rings. The van der Waals surface area contributed by atoms with Gasteiger partial charge in [-0.25, -0.2) is 4.79 Å². The van der Waals surface area contributed by atoms with Gasteiger partial charge < -0.3 is 19.4 Å². The minimum Gasteiger partial charge on any atom is -0.468 e. The van der Waals surface area contributed by atoms with Gasteiger partial charge in [0.2, 0.25) is 0 Å². The van der Waals surface area contributed by atoms with Crippen LogP contribution in [0.15, 0.2) is 34.0 Å². The second kappa shape index (κ2) is 8.45. The first-order chi connectivity index (χ1) is 16.2. The molecule has 0 radical (unpaired) electrons. The molecule has 0 saturated heterocycles. The molecule has 6 heteroatoms. The Hall–Kier alpha value is -2.18. The second-order valence-corrected chi connectivity index (χ2v) is 12.3. The number of allylic oxidation sites excluding steroid dienone is 2. The third kappa shape index (κ3) is 3.59. The molecule has 4 rings (SSSR count). The van der Waals surface area contributed by atoms with Gasteiger partial charge in [0.25, 0.3) is 0 Å². The van der Waals surface area contributed by atoms with E-state index in [4.69, 9.17) is 9.15 Å². The van der Waals surface area contributed by atoms with Gasteiger partial charge in [-0.2, -0.15) is 0 Å². The molecule has 6 atom stereocenters. The highest BCUT2D eigenvalue weighted by Gasteiger charge is 2.65. The molecule has 1 saturated carbocycles. The molecule has 5 unspecified atom stereocenters. The number of carbonyl (C=O) groups is 2. The summed E-state index contributed by atoms with van der Waals surface area (Å²) in [6.07, 6.45) is 4.67. The Morgan fingerprint density at radius 2 is 1.86 bits per heavy atom. The number of fused-ring (bicyclic) bond motifs is 1. The van der Waals surface area contributed by atoms with Gasteiger partial charge in [0, 0.05) is 17.4 Å². The van der Waals surface area contributed by atoms with Crippen molar-refractivity contribution in [2.24, 2.45) is 34.0 Å². The Morgan fingerprint density at radius 1 is 1.20 bits per heavy atom. The van der Waals surface area contributed by atoms with Gasteiger partial charge in [-0.15, -0.1) is 0 Å². The molecular formula is C29H40O6. The van der Waals surface area contributed by atoms with Crippen LogP contribution < -0.4 is 0 Å². The van der Waals surface area contributed by atoms with Crippen molar-refractivity contribution >= 4 is 11.8 Å². The van der Waals surface area contributed by atoms with Crippen LogP contribution in [0.25, 0.3) is 0 Å². The van der Waals surface area contributed by atoms with E-state index in [-0.39, 0.29) is 35.1 Å². The summed E-state index contributed by atoms with van der Waals surface area (Å²) in [4.78, 5) is 27.9. The van der Waals surface area contributed by atoms with Gasteiger partial charge in [-0.1, -0.05) is 46.8 Å². The normalized spacial score (nSPS) is 37.3. The van der Waals surface area contributed by atoms with Crippen molar-refractivity contribution in [2.75, 3.05) is 6.61 Å². The van der Waals surface area contributed by atoms with Crippen LogP contribution in [0.1, 0.15) is 76.1 Å². The first-order valence-corrected chi connectivity index (χ1v) is 12.7. The lowest BCUT2D eigenvalue weighted by Gasteiger charge is -2.46. The van der Waals surface area contributed by atoms with Crippen molar-refractivity contribution in [2.45, 2.75) is 80.4 Å². The van der Waals surface area contributed by atoms with Gasteiger partial charge in [-0.3, -0.25) is 4.79 Å². The Bertz CT molecular complexity index is 1080. The molecular weight excluding hydrogens is 444 g/mol. The molecule has 0 amide bonds. The average molecular weight is 485 g/mol. The Morgan fingerprint density at radius 3 is 2.43 bits per heavy atom. The first-order valence-electron chi connectivity index (χ1n) is 12.7. The molecule has 3 aliphatic carbocycles. The average Bonchev–Trinajstić information content (AvgIpc) is 3.24. The summed E-state index contributed by atoms with van der Waals surface area (Å²) in [6.45, 7) is 15.9. The molecule has 1 aromatic heterocycles. The van der Waals surface area contributed by atoms with Crippen LogP contribution in [-0.4, -0.2) is 40.8 Å². The lowest BCUT2D eigenvalue weighted by atomic mass is 9.57. The molecule has 0 aliphatic heterocycles. The number of aliphatic hydroxyl groups is 2. The molecule has 3 aliphatic rings. The maximum absolute atomic E-state index is 14.6. The van der Waals surface area contributed by atoms with Gasteiger partial charge >= 0.3 is 5.97 Å². The van der Waals surface area contributed by atoms with Crippen LogP contribution in [0.3, 0.4) is 0 Å². The van der Waals surface area contributed by atoms with Gasteiger partial charge in [-0.05, 0) is 61.5 Å². The van der Waals surface area contributed by atoms with E-state index in [9.17, 15) is 19.8 Å². The number of ketones is 1. The van der Waals surface area contributed by atoms with Crippen LogP contribution in [0.5, 0.6) is 0 Å². The number of carbonyl (C=O) groups excluding carboxylic acids is 2. The Kier molecular flexibility index (Phi) is 6.25. The zero-order valence-corrected chi connectivity index (χ0v) is 22.3. The molecule has 192 valence electrons. The monoisotopic (exact) mass is 484 g/mol. The molecule has 1 heterocycles. The quantitative estimate of drug-likeness (QED) is 0.466. The summed E-state index contributed by atoms with van der Waals surface area (Å²) in [6, 6.07) is 0. The van der Waals surface area contributed by atoms with E-state index in [2.05, 4.69) is 34.6 Å². The van der Waals surface area contributed by atoms with E-state index < -0.39 is 29.5 Å². The summed E-state index contributed by atoms with van der Waals surface area (Å²) >= 11 is 0. The smallest absolute Gasteiger partial charge is 0.342 e. The zero-order valence-electron chi connectivity index (χ0n) is 22.3. The summed E-state index contributed by atoms with van der Waals surface area (Å²) in [5.41, 5.74) is 0.837. The predicted octanol–water partition coefficient (Wildman–Crippen LogP) is 4.95. The van der Waals surface area contributed by atoms with Crippen LogP contribution in [-0.2, 0) is 9.53 Å². The van der Waals surface area contributed by atoms with Crippen LogP contribution in [0.2, 0.25) is 0 Å². The summed E-state index contributed by atoms with van der Waals surface area (Å²) in [5, 5.41) is 21.9. The number of aliphatic hydroxyl groups excluding tert-OH is 2. The van der Waals surface area contributed by atoms with E-state index in [0.29, 0.717) is 28.9 Å². The summed E-state index contributed by atoms with van der Waals surface area (Å²) in [5.74, 6) is -1.06. The van der Waals surface area contributed by atoms with E-state index in [1.165, 1.54) is 6.26 Å². The fourth-order valence-electron chi connectivity index (χ4n) is 7.16. The third-order valence-electron chi connectivity index (χ3n) is 9.90. The number of aryl methyl sites for hydroxylation is 2. The van der Waals surface area contributed by atoms with Gasteiger partial charge in [0.1, 0.15) is 23.2 Å². The molecule has 1 fully saturated rings. The Labute approximate surface area is 208 Å². The number of Topliss-reactive ketones (excluding diaryl/α,β-unsaturated/α-hetero) is 1. The fraction of sp³-hybridized carbons (Fsp3) is 0.655. The molecule has 0 aromatic carbocycles. The van der Waals surface area contributed by atoms with Crippen molar-refractivity contribution in [3.63, 3.8) is 0 Å².